The Morgan fingerprint density at radius 3 is 2.49 bits per heavy atom. The number of imidazole rings is 1. The minimum absolute atomic E-state index is 0.0459. The van der Waals surface area contributed by atoms with Crippen molar-refractivity contribution in [2.24, 2.45) is 5.41 Å². The Morgan fingerprint density at radius 2 is 1.85 bits per heavy atom. The van der Waals surface area contributed by atoms with E-state index in [-0.39, 0.29) is 17.7 Å². The molecule has 2 aromatic heterocycles. The van der Waals surface area contributed by atoms with Gasteiger partial charge in [0.05, 0.1) is 19.3 Å². The van der Waals surface area contributed by atoms with Crippen LogP contribution in [0, 0.1) is 18.2 Å². The Balaban J connectivity index is 1.73. The first-order valence-electron chi connectivity index (χ1n) is 16.2. The van der Waals surface area contributed by atoms with Gasteiger partial charge in [0.25, 0.3) is 5.91 Å². The molecule has 0 saturated carbocycles. The van der Waals surface area contributed by atoms with Crippen LogP contribution in [0.15, 0.2) is 55.8 Å². The smallest absolute Gasteiger partial charge is 0.339 e. The summed E-state index contributed by atoms with van der Waals surface area (Å²) in [5, 5.41) is 2.87. The molecule has 0 spiro atoms. The number of allylic oxidation sites excluding steroid dienone is 1. The van der Waals surface area contributed by atoms with Gasteiger partial charge in [-0.05, 0) is 95.0 Å². The summed E-state index contributed by atoms with van der Waals surface area (Å²) in [6.45, 7) is 19.5. The number of hydrogen-bond donors (Lipinski definition) is 1. The number of pyridine rings is 1. The van der Waals surface area contributed by atoms with E-state index < -0.39 is 29.4 Å². The first-order valence-corrected chi connectivity index (χ1v) is 16.2. The van der Waals surface area contributed by atoms with Crippen LogP contribution in [0.4, 0.5) is 10.2 Å². The lowest BCUT2D eigenvalue weighted by Gasteiger charge is -2.42. The number of aryl methyl sites for hydroxylation is 1. The number of aromatic nitrogens is 2. The minimum Gasteiger partial charge on any atom is -0.493 e. The molecule has 1 unspecified atom stereocenters. The molecule has 1 atom stereocenters. The zero-order valence-electron chi connectivity index (χ0n) is 28.7. The normalized spacial score (nSPS) is 15.3. The number of halogens is 1. The van der Waals surface area contributed by atoms with Gasteiger partial charge in [-0.3, -0.25) is 9.20 Å². The lowest BCUT2D eigenvalue weighted by atomic mass is 9.76. The molecule has 1 amide bonds. The average molecular weight is 649 g/mol. The molecule has 1 aromatic carbocycles. The number of benzene rings is 1. The summed E-state index contributed by atoms with van der Waals surface area (Å²) in [7, 11) is 1.36. The molecule has 254 valence electrons. The van der Waals surface area contributed by atoms with E-state index >= 15 is 0 Å². The zero-order chi connectivity index (χ0) is 34.4. The Hall–Kier alpha value is -4.18. The van der Waals surface area contributed by atoms with Gasteiger partial charge in [-0.1, -0.05) is 19.1 Å². The molecule has 0 aliphatic carbocycles. The van der Waals surface area contributed by atoms with Crippen molar-refractivity contribution in [3.05, 3.63) is 84.0 Å². The molecule has 1 N–H and O–H groups in total. The molecule has 47 heavy (non-hydrogen) atoms. The molecule has 1 aliphatic rings. The second-order valence-corrected chi connectivity index (χ2v) is 13.5. The number of amides is 1. The van der Waals surface area contributed by atoms with Crippen molar-refractivity contribution in [3.63, 3.8) is 0 Å². The number of piperidine rings is 1. The van der Waals surface area contributed by atoms with E-state index in [1.54, 1.807) is 18.3 Å². The summed E-state index contributed by atoms with van der Waals surface area (Å²) in [4.78, 5) is 33.8. The van der Waals surface area contributed by atoms with Gasteiger partial charge >= 0.3 is 5.97 Å². The number of carbonyl (C=O) groups is 2. The van der Waals surface area contributed by atoms with Crippen LogP contribution < -0.4 is 15.0 Å². The lowest BCUT2D eigenvalue weighted by Crippen LogP contribution is -2.41. The third-order valence-electron chi connectivity index (χ3n) is 8.62. The van der Waals surface area contributed by atoms with E-state index in [2.05, 4.69) is 30.3 Å². The quantitative estimate of drug-likeness (QED) is 0.112. The van der Waals surface area contributed by atoms with Crippen LogP contribution in [-0.2, 0) is 20.8 Å². The standard InChI is InChI=1S/C37H49FN4O5/c1-9-11-15-37(7)16-18-41(19-17-37)34-31(32(35(44)45-8)47-36(4,5)6)25(3)21-30-40-28(24-42(30)34)33(43)39-23-26-22-27(38)13-14-29(26)46-20-12-10-2/h9-10,13-14,21-22,24,32H,1-2,11-12,15-20,23H2,3-8H3,(H,39,43). The largest absolute Gasteiger partial charge is 0.493 e. The number of fused-ring (bicyclic) bond motifs is 1. The van der Waals surface area contributed by atoms with Gasteiger partial charge in [-0.25, -0.2) is 14.2 Å². The van der Waals surface area contributed by atoms with Crippen LogP contribution in [-0.4, -0.2) is 53.7 Å². The summed E-state index contributed by atoms with van der Waals surface area (Å²) in [6, 6.07) is 6.08. The van der Waals surface area contributed by atoms with E-state index in [4.69, 9.17) is 19.2 Å². The van der Waals surface area contributed by atoms with Crippen LogP contribution >= 0.6 is 0 Å². The Kier molecular flexibility index (Phi) is 11.5. The summed E-state index contributed by atoms with van der Waals surface area (Å²) >= 11 is 0. The van der Waals surface area contributed by atoms with Gasteiger partial charge in [-0.15, -0.1) is 13.2 Å². The Morgan fingerprint density at radius 1 is 1.15 bits per heavy atom. The van der Waals surface area contributed by atoms with Gasteiger partial charge in [0, 0.05) is 37.0 Å². The summed E-state index contributed by atoms with van der Waals surface area (Å²) in [6.07, 6.45) is 8.94. The molecule has 1 aliphatic heterocycles. The van der Waals surface area contributed by atoms with E-state index in [1.165, 1.54) is 19.2 Å². The second-order valence-electron chi connectivity index (χ2n) is 13.5. The lowest BCUT2D eigenvalue weighted by molar-refractivity contribution is -0.164. The molecule has 1 saturated heterocycles. The summed E-state index contributed by atoms with van der Waals surface area (Å²) in [5.74, 6) is -0.114. The van der Waals surface area contributed by atoms with Gasteiger partial charge < -0.3 is 24.4 Å². The van der Waals surface area contributed by atoms with Crippen LogP contribution in [0.3, 0.4) is 0 Å². The molecule has 0 radical (unpaired) electrons. The number of hydrogen-bond acceptors (Lipinski definition) is 7. The number of methoxy groups -OCH3 is 1. The summed E-state index contributed by atoms with van der Waals surface area (Å²) in [5.41, 5.74) is 2.26. The number of nitrogens with zero attached hydrogens (tertiary/aromatic N) is 3. The van der Waals surface area contributed by atoms with Crippen molar-refractivity contribution >= 4 is 23.3 Å². The topological polar surface area (TPSA) is 94.4 Å². The monoisotopic (exact) mass is 648 g/mol. The number of anilines is 1. The van der Waals surface area contributed by atoms with Crippen molar-refractivity contribution in [1.82, 2.24) is 14.7 Å². The van der Waals surface area contributed by atoms with E-state index in [9.17, 15) is 14.0 Å². The fraction of sp³-hybridized carbons (Fsp3) is 0.486. The van der Waals surface area contributed by atoms with Gasteiger partial charge in [0.2, 0.25) is 0 Å². The highest BCUT2D eigenvalue weighted by atomic mass is 19.1. The highest BCUT2D eigenvalue weighted by molar-refractivity contribution is 5.93. The predicted molar refractivity (Wildman–Crippen MR) is 182 cm³/mol. The maximum absolute atomic E-state index is 14.1. The van der Waals surface area contributed by atoms with Crippen LogP contribution in [0.5, 0.6) is 5.75 Å². The third-order valence-corrected chi connectivity index (χ3v) is 8.62. The fourth-order valence-electron chi connectivity index (χ4n) is 5.99. The van der Waals surface area contributed by atoms with Gasteiger partial charge in [-0.2, -0.15) is 0 Å². The Labute approximate surface area is 277 Å². The van der Waals surface area contributed by atoms with Gasteiger partial charge in [0.15, 0.2) is 6.10 Å². The Bertz CT molecular complexity index is 1600. The van der Waals surface area contributed by atoms with E-state index in [1.807, 2.05) is 44.2 Å². The maximum atomic E-state index is 14.1. The molecule has 9 nitrogen and oxygen atoms in total. The molecule has 3 heterocycles. The third kappa shape index (κ3) is 8.80. The summed E-state index contributed by atoms with van der Waals surface area (Å²) < 4.78 is 33.4. The first kappa shape index (κ1) is 35.7. The SMILES string of the molecule is C=CCCOc1ccc(F)cc1CNC(=O)c1cn2c(N3CCC(C)(CCC=C)CC3)c(C(OC(C)(C)C)C(=O)OC)c(C)cc2n1. The van der Waals surface area contributed by atoms with Crippen molar-refractivity contribution in [2.45, 2.75) is 85.0 Å². The van der Waals surface area contributed by atoms with Crippen molar-refractivity contribution in [3.8, 4) is 5.75 Å². The molecule has 0 bridgehead atoms. The minimum atomic E-state index is -0.999. The number of carbonyl (C=O) groups excluding carboxylic acids is 2. The average Bonchev–Trinajstić information content (AvgIpc) is 3.45. The molecule has 4 rings (SSSR count). The predicted octanol–water partition coefficient (Wildman–Crippen LogP) is 7.27. The molecule has 10 heteroatoms. The number of nitrogens with one attached hydrogen (secondary N) is 1. The molecular weight excluding hydrogens is 599 g/mol. The molecule has 1 fully saturated rings. The maximum Gasteiger partial charge on any atom is 0.339 e. The van der Waals surface area contributed by atoms with Crippen molar-refractivity contribution in [2.75, 3.05) is 31.7 Å². The second kappa shape index (κ2) is 15.2. The molecular formula is C37H49FN4O5. The highest BCUT2D eigenvalue weighted by Gasteiger charge is 2.37. The number of ether oxygens (including phenoxy) is 3. The van der Waals surface area contributed by atoms with Crippen LogP contribution in [0.2, 0.25) is 0 Å². The number of esters is 1. The zero-order valence-corrected chi connectivity index (χ0v) is 28.7. The molecule has 3 aromatic rings. The van der Waals surface area contributed by atoms with Crippen molar-refractivity contribution < 1.29 is 28.2 Å². The van der Waals surface area contributed by atoms with E-state index in [0.717, 1.165) is 50.2 Å². The van der Waals surface area contributed by atoms with Gasteiger partial charge in [0.1, 0.15) is 28.7 Å². The fourth-order valence-corrected chi connectivity index (χ4v) is 5.99. The number of rotatable bonds is 14. The van der Waals surface area contributed by atoms with Crippen LogP contribution in [0.25, 0.3) is 5.65 Å². The highest BCUT2D eigenvalue weighted by Crippen LogP contribution is 2.41. The van der Waals surface area contributed by atoms with E-state index in [0.29, 0.717) is 35.6 Å². The van der Waals surface area contributed by atoms with Crippen LogP contribution in [0.1, 0.15) is 93.1 Å². The van der Waals surface area contributed by atoms with Crippen molar-refractivity contribution in [1.29, 1.82) is 0 Å². The first-order chi connectivity index (χ1) is 22.3.